The quantitative estimate of drug-likeness (QED) is 0.691. The van der Waals surface area contributed by atoms with E-state index in [2.05, 4.69) is 15.5 Å². The van der Waals surface area contributed by atoms with Crippen LogP contribution in [0, 0.1) is 0 Å². The number of hydrogen-bond acceptors (Lipinski definition) is 5. The number of anilines is 1. The number of aliphatic hydroxyl groups excluding tert-OH is 1. The molecule has 1 heterocycles. The Morgan fingerprint density at radius 2 is 2.24 bits per heavy atom. The van der Waals surface area contributed by atoms with E-state index in [-0.39, 0.29) is 17.1 Å². The molecular formula is C11H16N4OS. The molecule has 2 unspecified atom stereocenters. The highest BCUT2D eigenvalue weighted by Crippen LogP contribution is 2.22. The van der Waals surface area contributed by atoms with Crippen LogP contribution >= 0.6 is 12.2 Å². The van der Waals surface area contributed by atoms with E-state index >= 15 is 0 Å². The Bertz CT molecular complexity index is 412. The smallest absolute Gasteiger partial charge is 0.159 e. The molecule has 1 aromatic heterocycles. The van der Waals surface area contributed by atoms with Crippen molar-refractivity contribution in [3.63, 3.8) is 0 Å². The number of nitrogens with two attached hydrogens (primary N) is 1. The van der Waals surface area contributed by atoms with Crippen LogP contribution in [0.5, 0.6) is 0 Å². The number of aromatic nitrogens is 2. The Hall–Kier alpha value is -1.27. The average molecular weight is 252 g/mol. The number of nitrogens with zero attached hydrogens (tertiary/aromatic N) is 2. The fourth-order valence-electron chi connectivity index (χ4n) is 2.09. The molecular weight excluding hydrogens is 236 g/mol. The zero-order chi connectivity index (χ0) is 12.3. The van der Waals surface area contributed by atoms with Crippen molar-refractivity contribution >= 4 is 23.0 Å². The SMILES string of the molecule is NC(=S)c1ccnnc1NC1CCCCC1O. The van der Waals surface area contributed by atoms with Crippen LogP contribution in [0.1, 0.15) is 31.2 Å². The minimum absolute atomic E-state index is 0.00792. The summed E-state index contributed by atoms with van der Waals surface area (Å²) in [5, 5.41) is 20.9. The molecule has 0 spiro atoms. The molecule has 1 aromatic rings. The van der Waals surface area contributed by atoms with Crippen molar-refractivity contribution in [2.45, 2.75) is 37.8 Å². The molecule has 6 heteroatoms. The maximum absolute atomic E-state index is 9.88. The zero-order valence-corrected chi connectivity index (χ0v) is 10.3. The van der Waals surface area contributed by atoms with Gasteiger partial charge in [-0.15, -0.1) is 5.10 Å². The maximum Gasteiger partial charge on any atom is 0.159 e. The van der Waals surface area contributed by atoms with E-state index in [0.29, 0.717) is 11.4 Å². The van der Waals surface area contributed by atoms with Crippen LogP contribution in [0.15, 0.2) is 12.3 Å². The summed E-state index contributed by atoms with van der Waals surface area (Å²) in [6, 6.07) is 1.74. The number of nitrogens with one attached hydrogen (secondary N) is 1. The fourth-order valence-corrected chi connectivity index (χ4v) is 2.26. The third-order valence-corrected chi connectivity index (χ3v) is 3.26. The predicted molar refractivity (Wildman–Crippen MR) is 69.8 cm³/mol. The largest absolute Gasteiger partial charge is 0.391 e. The molecule has 17 heavy (non-hydrogen) atoms. The molecule has 0 aliphatic heterocycles. The Balaban J connectivity index is 2.14. The van der Waals surface area contributed by atoms with Gasteiger partial charge in [0, 0.05) is 0 Å². The molecule has 1 saturated carbocycles. The van der Waals surface area contributed by atoms with Crippen molar-refractivity contribution in [2.24, 2.45) is 5.73 Å². The molecule has 0 saturated heterocycles. The van der Waals surface area contributed by atoms with E-state index in [1.807, 2.05) is 0 Å². The molecule has 2 atom stereocenters. The maximum atomic E-state index is 9.88. The van der Waals surface area contributed by atoms with Crippen LogP contribution in [0.4, 0.5) is 5.82 Å². The number of hydrogen-bond donors (Lipinski definition) is 3. The van der Waals surface area contributed by atoms with Crippen molar-refractivity contribution in [2.75, 3.05) is 5.32 Å². The Morgan fingerprint density at radius 1 is 1.47 bits per heavy atom. The Kier molecular flexibility index (Phi) is 3.86. The first-order chi connectivity index (χ1) is 8.18. The second-order valence-electron chi connectivity index (χ2n) is 4.26. The van der Waals surface area contributed by atoms with Gasteiger partial charge in [0.15, 0.2) is 5.82 Å². The van der Waals surface area contributed by atoms with E-state index in [1.165, 1.54) is 0 Å². The van der Waals surface area contributed by atoms with Gasteiger partial charge in [0.05, 0.1) is 23.9 Å². The standard InChI is InChI=1S/C11H16N4OS/c12-10(17)7-5-6-13-15-11(7)14-8-3-1-2-4-9(8)16/h5-6,8-9,16H,1-4H2,(H2,12,17)(H,14,15). The Labute approximate surface area is 105 Å². The van der Waals surface area contributed by atoms with Crippen molar-refractivity contribution in [3.05, 3.63) is 17.8 Å². The third-order valence-electron chi connectivity index (χ3n) is 3.04. The topological polar surface area (TPSA) is 84.1 Å². The van der Waals surface area contributed by atoms with Gasteiger partial charge in [-0.05, 0) is 18.9 Å². The Morgan fingerprint density at radius 3 is 2.94 bits per heavy atom. The highest BCUT2D eigenvalue weighted by atomic mass is 32.1. The van der Waals surface area contributed by atoms with Gasteiger partial charge in [0.2, 0.25) is 0 Å². The predicted octanol–water partition coefficient (Wildman–Crippen LogP) is 0.826. The van der Waals surface area contributed by atoms with Crippen LogP contribution in [-0.4, -0.2) is 32.4 Å². The lowest BCUT2D eigenvalue weighted by Crippen LogP contribution is -2.37. The van der Waals surface area contributed by atoms with Crippen LogP contribution in [-0.2, 0) is 0 Å². The molecule has 0 aromatic carbocycles. The molecule has 0 amide bonds. The van der Waals surface area contributed by atoms with Crippen LogP contribution in [0.3, 0.4) is 0 Å². The lowest BCUT2D eigenvalue weighted by atomic mass is 9.92. The number of aliphatic hydroxyl groups is 1. The molecule has 0 bridgehead atoms. The summed E-state index contributed by atoms with van der Waals surface area (Å²) in [4.78, 5) is 0.285. The molecule has 5 nitrogen and oxygen atoms in total. The molecule has 1 aliphatic rings. The lowest BCUT2D eigenvalue weighted by molar-refractivity contribution is 0.116. The molecule has 92 valence electrons. The number of thiocarbonyl (C=S) groups is 1. The summed E-state index contributed by atoms with van der Waals surface area (Å²) in [5.74, 6) is 0.561. The van der Waals surface area contributed by atoms with Crippen molar-refractivity contribution in [3.8, 4) is 0 Å². The summed E-state index contributed by atoms with van der Waals surface area (Å²) in [5.41, 5.74) is 6.29. The first-order valence-corrected chi connectivity index (χ1v) is 6.15. The summed E-state index contributed by atoms with van der Waals surface area (Å²) in [7, 11) is 0. The average Bonchev–Trinajstić information content (AvgIpc) is 2.32. The van der Waals surface area contributed by atoms with Gasteiger partial charge in [0.1, 0.15) is 4.99 Å². The summed E-state index contributed by atoms with van der Waals surface area (Å²) in [6.45, 7) is 0. The summed E-state index contributed by atoms with van der Waals surface area (Å²) < 4.78 is 0. The molecule has 1 aliphatic carbocycles. The van der Waals surface area contributed by atoms with Crippen molar-refractivity contribution < 1.29 is 5.11 Å². The van der Waals surface area contributed by atoms with Gasteiger partial charge in [-0.2, -0.15) is 5.10 Å². The van der Waals surface area contributed by atoms with Crippen LogP contribution in [0.25, 0.3) is 0 Å². The van der Waals surface area contributed by atoms with E-state index in [1.54, 1.807) is 12.3 Å². The van der Waals surface area contributed by atoms with E-state index < -0.39 is 0 Å². The van der Waals surface area contributed by atoms with Crippen molar-refractivity contribution in [1.82, 2.24) is 10.2 Å². The van der Waals surface area contributed by atoms with Gasteiger partial charge in [0.25, 0.3) is 0 Å². The van der Waals surface area contributed by atoms with Gasteiger partial charge < -0.3 is 16.2 Å². The fraction of sp³-hybridized carbons (Fsp3) is 0.545. The van der Waals surface area contributed by atoms with Crippen LogP contribution in [0.2, 0.25) is 0 Å². The van der Waals surface area contributed by atoms with E-state index in [0.717, 1.165) is 25.7 Å². The summed E-state index contributed by atoms with van der Waals surface area (Å²) in [6.07, 6.45) is 5.13. The first-order valence-electron chi connectivity index (χ1n) is 5.74. The molecule has 4 N–H and O–H groups in total. The van der Waals surface area contributed by atoms with E-state index in [9.17, 15) is 5.11 Å². The van der Waals surface area contributed by atoms with Gasteiger partial charge in [-0.25, -0.2) is 0 Å². The first kappa shape index (κ1) is 12.2. The second-order valence-corrected chi connectivity index (χ2v) is 4.70. The second kappa shape index (κ2) is 5.37. The molecule has 1 fully saturated rings. The lowest BCUT2D eigenvalue weighted by Gasteiger charge is -2.29. The van der Waals surface area contributed by atoms with Crippen molar-refractivity contribution in [1.29, 1.82) is 0 Å². The van der Waals surface area contributed by atoms with Gasteiger partial charge in [-0.1, -0.05) is 25.1 Å². The normalized spacial score (nSPS) is 24.3. The minimum atomic E-state index is -0.343. The third kappa shape index (κ3) is 2.89. The van der Waals surface area contributed by atoms with Gasteiger partial charge in [-0.3, -0.25) is 0 Å². The molecule has 2 rings (SSSR count). The molecule has 0 radical (unpaired) electrons. The number of rotatable bonds is 3. The summed E-state index contributed by atoms with van der Waals surface area (Å²) >= 11 is 4.95. The highest BCUT2D eigenvalue weighted by Gasteiger charge is 2.24. The zero-order valence-electron chi connectivity index (χ0n) is 9.47. The van der Waals surface area contributed by atoms with E-state index in [4.69, 9.17) is 18.0 Å². The van der Waals surface area contributed by atoms with Crippen LogP contribution < -0.4 is 11.1 Å². The van der Waals surface area contributed by atoms with Gasteiger partial charge >= 0.3 is 0 Å². The minimum Gasteiger partial charge on any atom is -0.391 e. The highest BCUT2D eigenvalue weighted by molar-refractivity contribution is 7.80. The monoisotopic (exact) mass is 252 g/mol.